The van der Waals surface area contributed by atoms with Gasteiger partial charge in [-0.25, -0.2) is 4.68 Å². The van der Waals surface area contributed by atoms with Gasteiger partial charge in [0.1, 0.15) is 23.6 Å². The molecule has 1 fully saturated rings. The number of amides is 2. The van der Waals surface area contributed by atoms with Gasteiger partial charge < -0.3 is 14.6 Å². The van der Waals surface area contributed by atoms with Crippen molar-refractivity contribution in [2.24, 2.45) is 0 Å². The number of carbonyl (C=O) groups excluding carboxylic acids is 2. The normalized spacial score (nSPS) is 15.0. The van der Waals surface area contributed by atoms with Gasteiger partial charge in [0.15, 0.2) is 6.04 Å². The Labute approximate surface area is 210 Å². The number of aromatic nitrogens is 3. The van der Waals surface area contributed by atoms with Gasteiger partial charge in [0.05, 0.1) is 5.52 Å². The zero-order chi connectivity index (χ0) is 24.9. The number of hydrogen-bond acceptors (Lipinski definition) is 5. The molecule has 1 atom stereocenters. The number of carbonyl (C=O) groups is 2. The van der Waals surface area contributed by atoms with E-state index < -0.39 is 6.04 Å². The van der Waals surface area contributed by atoms with Crippen LogP contribution in [0.5, 0.6) is 0 Å². The average molecular weight is 486 g/mol. The summed E-state index contributed by atoms with van der Waals surface area (Å²) < 4.78 is 7.52. The Hall–Kier alpha value is -3.94. The van der Waals surface area contributed by atoms with Gasteiger partial charge in [-0.15, -0.1) is 5.10 Å². The molecule has 1 saturated carbocycles. The van der Waals surface area contributed by atoms with Crippen LogP contribution in [0, 0.1) is 6.92 Å². The molecule has 36 heavy (non-hydrogen) atoms. The molecule has 0 bridgehead atoms. The molecule has 186 valence electrons. The lowest BCUT2D eigenvalue weighted by atomic mass is 9.95. The smallest absolute Gasteiger partial charge is 0.250 e. The van der Waals surface area contributed by atoms with E-state index in [2.05, 4.69) is 15.6 Å². The van der Waals surface area contributed by atoms with Crippen molar-refractivity contribution in [3.05, 3.63) is 83.8 Å². The largest absolute Gasteiger partial charge is 0.464 e. The van der Waals surface area contributed by atoms with Gasteiger partial charge in [0, 0.05) is 12.6 Å². The minimum atomic E-state index is -0.900. The summed E-state index contributed by atoms with van der Waals surface area (Å²) >= 11 is 0. The first-order valence-electron chi connectivity index (χ1n) is 12.6. The Kier molecular flexibility index (Phi) is 7.11. The van der Waals surface area contributed by atoms with Crippen LogP contribution in [0.3, 0.4) is 0 Å². The highest BCUT2D eigenvalue weighted by Gasteiger charge is 2.35. The highest BCUT2D eigenvalue weighted by molar-refractivity contribution is 5.89. The van der Waals surface area contributed by atoms with E-state index in [0.717, 1.165) is 36.8 Å². The Morgan fingerprint density at radius 3 is 2.53 bits per heavy atom. The zero-order valence-electron chi connectivity index (χ0n) is 20.5. The number of aryl methyl sites for hydroxylation is 1. The third kappa shape index (κ3) is 5.32. The third-order valence-corrected chi connectivity index (χ3v) is 6.76. The van der Waals surface area contributed by atoms with Crippen LogP contribution < -0.4 is 5.32 Å². The second kappa shape index (κ2) is 10.8. The minimum absolute atomic E-state index is 0.0414. The first-order chi connectivity index (χ1) is 17.6. The Balaban J connectivity index is 1.49. The SMILES string of the molecule is Cc1ccc(C(C(=O)NC2CCCCC2)N(Cc2ccccc2)C(=O)Cn2nnc3ccccc32)o1. The number of para-hydroxylation sites is 1. The van der Waals surface area contributed by atoms with Crippen LogP contribution in [-0.4, -0.2) is 37.7 Å². The summed E-state index contributed by atoms with van der Waals surface area (Å²) in [4.78, 5) is 29.3. The highest BCUT2D eigenvalue weighted by Crippen LogP contribution is 2.28. The zero-order valence-corrected chi connectivity index (χ0v) is 20.5. The van der Waals surface area contributed by atoms with E-state index in [1.54, 1.807) is 15.6 Å². The van der Waals surface area contributed by atoms with Crippen LogP contribution >= 0.6 is 0 Å². The Bertz CT molecular complexity index is 1320. The number of benzene rings is 2. The highest BCUT2D eigenvalue weighted by atomic mass is 16.3. The lowest BCUT2D eigenvalue weighted by Gasteiger charge is -2.32. The molecule has 0 saturated heterocycles. The summed E-state index contributed by atoms with van der Waals surface area (Å²) in [7, 11) is 0. The van der Waals surface area contributed by atoms with E-state index in [0.29, 0.717) is 17.0 Å². The quantitative estimate of drug-likeness (QED) is 0.395. The molecule has 1 aliphatic rings. The van der Waals surface area contributed by atoms with Gasteiger partial charge in [-0.05, 0) is 49.6 Å². The molecular formula is C28H31N5O3. The maximum atomic E-state index is 13.9. The summed E-state index contributed by atoms with van der Waals surface area (Å²) in [5, 5.41) is 11.6. The van der Waals surface area contributed by atoms with Crippen molar-refractivity contribution >= 4 is 22.8 Å². The van der Waals surface area contributed by atoms with Crippen molar-refractivity contribution in [3.63, 3.8) is 0 Å². The molecule has 4 aromatic rings. The number of fused-ring (bicyclic) bond motifs is 1. The lowest BCUT2D eigenvalue weighted by molar-refractivity contribution is -0.143. The van der Waals surface area contributed by atoms with E-state index >= 15 is 0 Å². The first-order valence-corrected chi connectivity index (χ1v) is 12.6. The molecule has 8 nitrogen and oxygen atoms in total. The van der Waals surface area contributed by atoms with Crippen molar-refractivity contribution in [1.82, 2.24) is 25.2 Å². The molecule has 1 N–H and O–H groups in total. The summed E-state index contributed by atoms with van der Waals surface area (Å²) in [6, 6.07) is 20.0. The van der Waals surface area contributed by atoms with E-state index in [1.165, 1.54) is 6.42 Å². The molecule has 0 spiro atoms. The predicted octanol–water partition coefficient (Wildman–Crippen LogP) is 4.55. The molecule has 0 aliphatic heterocycles. The summed E-state index contributed by atoms with van der Waals surface area (Å²) in [6.45, 7) is 2.06. The average Bonchev–Trinajstić information content (AvgIpc) is 3.51. The van der Waals surface area contributed by atoms with Crippen molar-refractivity contribution in [2.75, 3.05) is 0 Å². The van der Waals surface area contributed by atoms with Crippen LogP contribution in [0.4, 0.5) is 0 Å². The Morgan fingerprint density at radius 2 is 1.78 bits per heavy atom. The van der Waals surface area contributed by atoms with Gasteiger partial charge in [0.25, 0.3) is 5.91 Å². The fourth-order valence-electron chi connectivity index (χ4n) is 4.91. The molecule has 2 amide bonds. The minimum Gasteiger partial charge on any atom is -0.464 e. The number of hydrogen-bond donors (Lipinski definition) is 1. The summed E-state index contributed by atoms with van der Waals surface area (Å²) in [6.07, 6.45) is 5.29. The van der Waals surface area contributed by atoms with Gasteiger partial charge >= 0.3 is 0 Å². The van der Waals surface area contributed by atoms with Crippen LogP contribution in [0.2, 0.25) is 0 Å². The van der Waals surface area contributed by atoms with Crippen molar-refractivity contribution in [1.29, 1.82) is 0 Å². The van der Waals surface area contributed by atoms with Gasteiger partial charge in [0.2, 0.25) is 5.91 Å². The van der Waals surface area contributed by atoms with E-state index in [-0.39, 0.29) is 30.9 Å². The number of nitrogens with zero attached hydrogens (tertiary/aromatic N) is 4. The van der Waals surface area contributed by atoms with Gasteiger partial charge in [-0.2, -0.15) is 0 Å². The fourth-order valence-corrected chi connectivity index (χ4v) is 4.91. The van der Waals surface area contributed by atoms with Crippen molar-refractivity contribution in [3.8, 4) is 0 Å². The molecule has 0 radical (unpaired) electrons. The third-order valence-electron chi connectivity index (χ3n) is 6.76. The van der Waals surface area contributed by atoms with Crippen molar-refractivity contribution < 1.29 is 14.0 Å². The molecule has 1 aliphatic carbocycles. The van der Waals surface area contributed by atoms with E-state index in [9.17, 15) is 9.59 Å². The molecular weight excluding hydrogens is 454 g/mol. The predicted molar refractivity (Wildman–Crippen MR) is 136 cm³/mol. The van der Waals surface area contributed by atoms with Crippen LogP contribution in [0.15, 0.2) is 71.1 Å². The monoisotopic (exact) mass is 485 g/mol. The summed E-state index contributed by atoms with van der Waals surface area (Å²) in [5.41, 5.74) is 2.41. The van der Waals surface area contributed by atoms with Crippen LogP contribution in [0.1, 0.15) is 55.2 Å². The second-order valence-corrected chi connectivity index (χ2v) is 9.44. The lowest BCUT2D eigenvalue weighted by Crippen LogP contribution is -2.47. The molecule has 2 aromatic carbocycles. The molecule has 8 heteroatoms. The molecule has 5 rings (SSSR count). The number of nitrogens with one attached hydrogen (secondary N) is 1. The fraction of sp³-hybridized carbons (Fsp3) is 0.357. The number of rotatable bonds is 8. The topological polar surface area (TPSA) is 93.3 Å². The van der Waals surface area contributed by atoms with Crippen LogP contribution in [0.25, 0.3) is 11.0 Å². The van der Waals surface area contributed by atoms with E-state index in [1.807, 2.05) is 67.6 Å². The molecule has 2 aromatic heterocycles. The molecule has 2 heterocycles. The van der Waals surface area contributed by atoms with Gasteiger partial charge in [-0.3, -0.25) is 9.59 Å². The Morgan fingerprint density at radius 1 is 1.03 bits per heavy atom. The standard InChI is InChI=1S/C28H31N5O3/c1-20-16-17-25(36-20)27(28(35)29-22-12-6-3-7-13-22)32(18-21-10-4-2-5-11-21)26(34)19-33-24-15-9-8-14-23(24)30-31-33/h2,4-5,8-11,14-17,22,27H,3,6-7,12-13,18-19H2,1H3,(H,29,35). The van der Waals surface area contributed by atoms with Crippen molar-refractivity contribution in [2.45, 2.75) is 64.2 Å². The summed E-state index contributed by atoms with van der Waals surface area (Å²) in [5.74, 6) is 0.680. The van der Waals surface area contributed by atoms with Crippen LogP contribution in [-0.2, 0) is 22.7 Å². The van der Waals surface area contributed by atoms with Gasteiger partial charge in [-0.1, -0.05) is 66.9 Å². The first kappa shape index (κ1) is 23.8. The second-order valence-electron chi connectivity index (χ2n) is 9.44. The number of furan rings is 1. The maximum absolute atomic E-state index is 13.9. The molecule has 1 unspecified atom stereocenters. The van der Waals surface area contributed by atoms with E-state index in [4.69, 9.17) is 4.42 Å². The maximum Gasteiger partial charge on any atom is 0.250 e.